The number of benzene rings is 1. The van der Waals surface area contributed by atoms with Crippen molar-refractivity contribution in [2.75, 3.05) is 6.61 Å². The maximum atomic E-state index is 5.87. The predicted octanol–water partition coefficient (Wildman–Crippen LogP) is 4.30. The largest absolute Gasteiger partial charge is 0.493 e. The van der Waals surface area contributed by atoms with E-state index in [0.29, 0.717) is 5.92 Å². The van der Waals surface area contributed by atoms with Crippen molar-refractivity contribution in [3.63, 3.8) is 0 Å². The van der Waals surface area contributed by atoms with Crippen molar-refractivity contribution >= 4 is 12.4 Å². The Labute approximate surface area is 124 Å². The fourth-order valence-corrected chi connectivity index (χ4v) is 2.05. The van der Waals surface area contributed by atoms with Crippen molar-refractivity contribution in [2.24, 2.45) is 5.73 Å². The minimum atomic E-state index is 0. The Bertz CT molecular complexity index is 366. The second-order valence-electron chi connectivity index (χ2n) is 5.21. The normalized spacial score (nSPS) is 13.5. The molecule has 2 N–H and O–H groups in total. The van der Waals surface area contributed by atoms with Crippen molar-refractivity contribution in [3.8, 4) is 5.75 Å². The molecule has 2 nitrogen and oxygen atoms in total. The second-order valence-corrected chi connectivity index (χ2v) is 5.21. The van der Waals surface area contributed by atoms with E-state index in [4.69, 9.17) is 10.5 Å². The van der Waals surface area contributed by atoms with E-state index in [1.54, 1.807) is 0 Å². The molecule has 0 heterocycles. The summed E-state index contributed by atoms with van der Waals surface area (Å²) >= 11 is 0. The van der Waals surface area contributed by atoms with Crippen molar-refractivity contribution in [2.45, 2.75) is 58.9 Å². The van der Waals surface area contributed by atoms with Crippen LogP contribution in [0.3, 0.4) is 0 Å². The Balaban J connectivity index is 0.00000324. The summed E-state index contributed by atoms with van der Waals surface area (Å²) in [6, 6.07) is 6.72. The lowest BCUT2D eigenvalue weighted by molar-refractivity contribution is 0.312. The quantitative estimate of drug-likeness (QED) is 0.811. The highest BCUT2D eigenvalue weighted by Gasteiger charge is 2.11. The molecule has 0 aliphatic heterocycles. The van der Waals surface area contributed by atoms with Gasteiger partial charge in [0.1, 0.15) is 5.75 Å². The third-order valence-corrected chi connectivity index (χ3v) is 3.24. The molecule has 0 aliphatic carbocycles. The lowest BCUT2D eigenvalue weighted by Crippen LogP contribution is -2.18. The van der Waals surface area contributed by atoms with Crippen LogP contribution in [-0.4, -0.2) is 12.6 Å². The van der Waals surface area contributed by atoms with Crippen molar-refractivity contribution in [1.29, 1.82) is 0 Å². The Morgan fingerprint density at radius 3 is 2.42 bits per heavy atom. The summed E-state index contributed by atoms with van der Waals surface area (Å²) in [5, 5.41) is 0. The van der Waals surface area contributed by atoms with Crippen LogP contribution in [0.4, 0.5) is 0 Å². The second kappa shape index (κ2) is 9.22. The molecule has 0 aliphatic rings. The third kappa shape index (κ3) is 5.84. The number of rotatable bonds is 7. The predicted molar refractivity (Wildman–Crippen MR) is 85.5 cm³/mol. The standard InChI is InChI=1S/C16H27NO.ClH/c1-5-9-18-16-8-7-14(10-13(4)17)11-15(16)12(3)6-2;/h7-8,11-13H,5-6,9-10,17H2,1-4H3;1H. The van der Waals surface area contributed by atoms with Gasteiger partial charge in [0.25, 0.3) is 0 Å². The molecule has 0 aromatic heterocycles. The topological polar surface area (TPSA) is 35.2 Å². The van der Waals surface area contributed by atoms with Crippen LogP contribution in [0.2, 0.25) is 0 Å². The van der Waals surface area contributed by atoms with Gasteiger partial charge in [-0.3, -0.25) is 0 Å². The molecular weight excluding hydrogens is 258 g/mol. The molecular formula is C16H28ClNO. The SMILES string of the molecule is CCCOc1ccc(CC(C)N)cc1C(C)CC.Cl. The van der Waals surface area contributed by atoms with Crippen LogP contribution in [0, 0.1) is 0 Å². The molecule has 110 valence electrons. The van der Waals surface area contributed by atoms with Crippen LogP contribution in [0.5, 0.6) is 5.75 Å². The van der Waals surface area contributed by atoms with E-state index in [1.807, 2.05) is 6.92 Å². The van der Waals surface area contributed by atoms with Crippen LogP contribution in [0.15, 0.2) is 18.2 Å². The molecule has 1 aromatic carbocycles. The highest BCUT2D eigenvalue weighted by Crippen LogP contribution is 2.30. The maximum absolute atomic E-state index is 5.87. The molecule has 2 atom stereocenters. The summed E-state index contributed by atoms with van der Waals surface area (Å²) in [5.41, 5.74) is 8.50. The maximum Gasteiger partial charge on any atom is 0.122 e. The van der Waals surface area contributed by atoms with Gasteiger partial charge in [-0.1, -0.05) is 32.9 Å². The summed E-state index contributed by atoms with van der Waals surface area (Å²) in [4.78, 5) is 0. The third-order valence-electron chi connectivity index (χ3n) is 3.24. The van der Waals surface area contributed by atoms with E-state index >= 15 is 0 Å². The van der Waals surface area contributed by atoms with Gasteiger partial charge in [0.2, 0.25) is 0 Å². The van der Waals surface area contributed by atoms with E-state index in [2.05, 4.69) is 39.0 Å². The molecule has 0 spiro atoms. The smallest absolute Gasteiger partial charge is 0.122 e. The van der Waals surface area contributed by atoms with E-state index < -0.39 is 0 Å². The zero-order valence-electron chi connectivity index (χ0n) is 12.6. The Hall–Kier alpha value is -0.730. The molecule has 0 saturated heterocycles. The highest BCUT2D eigenvalue weighted by molar-refractivity contribution is 5.85. The summed E-state index contributed by atoms with van der Waals surface area (Å²) in [6.45, 7) is 9.43. The summed E-state index contributed by atoms with van der Waals surface area (Å²) < 4.78 is 5.84. The molecule has 0 fully saturated rings. The van der Waals surface area contributed by atoms with Gasteiger partial charge < -0.3 is 10.5 Å². The molecule has 1 aromatic rings. The van der Waals surface area contributed by atoms with E-state index in [9.17, 15) is 0 Å². The monoisotopic (exact) mass is 285 g/mol. The van der Waals surface area contributed by atoms with E-state index in [0.717, 1.165) is 31.6 Å². The molecule has 19 heavy (non-hydrogen) atoms. The van der Waals surface area contributed by atoms with Gasteiger partial charge in [-0.2, -0.15) is 0 Å². The first-order valence-corrected chi connectivity index (χ1v) is 7.09. The number of nitrogens with two attached hydrogens (primary N) is 1. The molecule has 0 saturated carbocycles. The van der Waals surface area contributed by atoms with Gasteiger partial charge in [0.05, 0.1) is 6.61 Å². The van der Waals surface area contributed by atoms with Crippen LogP contribution in [0.25, 0.3) is 0 Å². The fourth-order valence-electron chi connectivity index (χ4n) is 2.05. The summed E-state index contributed by atoms with van der Waals surface area (Å²) in [7, 11) is 0. The van der Waals surface area contributed by atoms with Crippen molar-refractivity contribution in [1.82, 2.24) is 0 Å². The van der Waals surface area contributed by atoms with Gasteiger partial charge in [0, 0.05) is 6.04 Å². The number of hydrogen-bond acceptors (Lipinski definition) is 2. The number of halogens is 1. The van der Waals surface area contributed by atoms with Crippen LogP contribution in [-0.2, 0) is 6.42 Å². The van der Waals surface area contributed by atoms with Gasteiger partial charge in [-0.15, -0.1) is 12.4 Å². The molecule has 1 rings (SSSR count). The molecule has 0 bridgehead atoms. The van der Waals surface area contributed by atoms with Gasteiger partial charge >= 0.3 is 0 Å². The van der Waals surface area contributed by atoms with Crippen molar-refractivity contribution < 1.29 is 4.74 Å². The summed E-state index contributed by atoms with van der Waals surface area (Å²) in [6.07, 6.45) is 3.10. The van der Waals surface area contributed by atoms with Gasteiger partial charge in [-0.05, 0) is 49.3 Å². The zero-order chi connectivity index (χ0) is 13.5. The fraction of sp³-hybridized carbons (Fsp3) is 0.625. The first kappa shape index (κ1) is 18.3. The average Bonchev–Trinajstić information content (AvgIpc) is 2.35. The summed E-state index contributed by atoms with van der Waals surface area (Å²) in [5.74, 6) is 1.57. The lowest BCUT2D eigenvalue weighted by atomic mass is 9.94. The highest BCUT2D eigenvalue weighted by atomic mass is 35.5. The molecule has 2 unspecified atom stereocenters. The minimum Gasteiger partial charge on any atom is -0.493 e. The molecule has 0 amide bonds. The van der Waals surface area contributed by atoms with E-state index in [1.165, 1.54) is 11.1 Å². The molecule has 0 radical (unpaired) electrons. The Morgan fingerprint density at radius 1 is 1.21 bits per heavy atom. The lowest BCUT2D eigenvalue weighted by Gasteiger charge is -2.17. The number of ether oxygens (including phenoxy) is 1. The Kier molecular flexibility index (Phi) is 8.86. The Morgan fingerprint density at radius 2 is 1.89 bits per heavy atom. The first-order valence-electron chi connectivity index (χ1n) is 7.09. The van der Waals surface area contributed by atoms with Crippen molar-refractivity contribution in [3.05, 3.63) is 29.3 Å². The van der Waals surface area contributed by atoms with Crippen LogP contribution >= 0.6 is 12.4 Å². The molecule has 3 heteroatoms. The zero-order valence-corrected chi connectivity index (χ0v) is 13.4. The van der Waals surface area contributed by atoms with Crippen LogP contribution in [0.1, 0.15) is 57.6 Å². The average molecular weight is 286 g/mol. The van der Waals surface area contributed by atoms with Crippen LogP contribution < -0.4 is 10.5 Å². The minimum absolute atomic E-state index is 0. The van der Waals surface area contributed by atoms with Gasteiger partial charge in [-0.25, -0.2) is 0 Å². The number of hydrogen-bond donors (Lipinski definition) is 1. The van der Waals surface area contributed by atoms with E-state index in [-0.39, 0.29) is 18.4 Å². The first-order chi connectivity index (χ1) is 8.58. The van der Waals surface area contributed by atoms with Gasteiger partial charge in [0.15, 0.2) is 0 Å².